The van der Waals surface area contributed by atoms with Crippen LogP contribution < -0.4 is 0 Å². The van der Waals surface area contributed by atoms with Crippen molar-refractivity contribution in [2.75, 3.05) is 0 Å². The van der Waals surface area contributed by atoms with Crippen molar-refractivity contribution in [3.8, 4) is 11.3 Å². The second-order valence-electron chi connectivity index (χ2n) is 3.89. The molecule has 0 aliphatic rings. The van der Waals surface area contributed by atoms with E-state index in [2.05, 4.69) is 39.2 Å². The fourth-order valence-corrected chi connectivity index (χ4v) is 2.03. The first kappa shape index (κ1) is 9.15. The topological polar surface area (TPSA) is 35.6 Å². The third kappa shape index (κ3) is 1.23. The normalized spacial score (nSPS) is 11.1. The maximum absolute atomic E-state index is 4.34. The van der Waals surface area contributed by atoms with Gasteiger partial charge in [-0.2, -0.15) is 15.0 Å². The number of benzene rings is 1. The molecule has 0 bridgehead atoms. The van der Waals surface area contributed by atoms with Crippen molar-refractivity contribution in [3.05, 3.63) is 36.7 Å². The number of nitrogens with zero attached hydrogens (tertiary/aromatic N) is 4. The zero-order valence-electron chi connectivity index (χ0n) is 9.25. The van der Waals surface area contributed by atoms with Gasteiger partial charge in [0.05, 0.1) is 11.7 Å². The summed E-state index contributed by atoms with van der Waals surface area (Å²) >= 11 is 0. The highest BCUT2D eigenvalue weighted by molar-refractivity contribution is 5.93. The Labute approximate surface area is 93.1 Å². The van der Waals surface area contributed by atoms with E-state index in [1.165, 1.54) is 10.9 Å². The standard InChI is InChI=1S/C12H12N4/c1-15-7-6-9-4-3-5-10(12(9)15)11-8-13-16(2)14-11/h3-8H,1-2H3. The Morgan fingerprint density at radius 2 is 2.00 bits per heavy atom. The van der Waals surface area contributed by atoms with Crippen LogP contribution >= 0.6 is 0 Å². The molecular weight excluding hydrogens is 200 g/mol. The van der Waals surface area contributed by atoms with Crippen LogP contribution in [0, 0.1) is 0 Å². The van der Waals surface area contributed by atoms with Crippen LogP contribution in [-0.2, 0) is 14.1 Å². The minimum atomic E-state index is 0.912. The van der Waals surface area contributed by atoms with Crippen LogP contribution in [0.1, 0.15) is 0 Å². The average Bonchev–Trinajstić information content (AvgIpc) is 2.86. The van der Waals surface area contributed by atoms with Crippen molar-refractivity contribution in [1.82, 2.24) is 19.6 Å². The van der Waals surface area contributed by atoms with Gasteiger partial charge >= 0.3 is 0 Å². The van der Waals surface area contributed by atoms with Gasteiger partial charge in [0.2, 0.25) is 0 Å². The fourth-order valence-electron chi connectivity index (χ4n) is 2.03. The molecule has 0 unspecified atom stereocenters. The SMILES string of the molecule is Cn1ncc(-c2cccc3ccn(C)c23)n1. The molecule has 80 valence electrons. The van der Waals surface area contributed by atoms with Crippen LogP contribution in [0.5, 0.6) is 0 Å². The second kappa shape index (κ2) is 3.20. The molecule has 0 spiro atoms. The van der Waals surface area contributed by atoms with Gasteiger partial charge in [-0.25, -0.2) is 0 Å². The fraction of sp³-hybridized carbons (Fsp3) is 0.167. The molecule has 4 nitrogen and oxygen atoms in total. The lowest BCUT2D eigenvalue weighted by molar-refractivity contribution is 0.655. The Morgan fingerprint density at radius 1 is 1.12 bits per heavy atom. The third-order valence-electron chi connectivity index (χ3n) is 2.77. The third-order valence-corrected chi connectivity index (χ3v) is 2.77. The van der Waals surface area contributed by atoms with Crippen LogP contribution in [0.2, 0.25) is 0 Å². The zero-order chi connectivity index (χ0) is 11.1. The van der Waals surface area contributed by atoms with Crippen LogP contribution in [0.4, 0.5) is 0 Å². The molecule has 0 N–H and O–H groups in total. The summed E-state index contributed by atoms with van der Waals surface area (Å²) in [7, 11) is 3.87. The van der Waals surface area contributed by atoms with Gasteiger partial charge in [0, 0.05) is 31.2 Å². The Bertz CT molecular complexity index is 648. The summed E-state index contributed by atoms with van der Waals surface area (Å²) in [6.45, 7) is 0. The number of fused-ring (bicyclic) bond motifs is 1. The lowest BCUT2D eigenvalue weighted by Gasteiger charge is -2.02. The molecule has 3 rings (SSSR count). The van der Waals surface area contributed by atoms with Gasteiger partial charge < -0.3 is 4.57 Å². The van der Waals surface area contributed by atoms with E-state index in [4.69, 9.17) is 0 Å². The number of aryl methyl sites for hydroxylation is 2. The highest BCUT2D eigenvalue weighted by atomic mass is 15.4. The summed E-state index contributed by atoms with van der Waals surface area (Å²) in [4.78, 5) is 1.58. The molecule has 0 atom stereocenters. The first-order valence-corrected chi connectivity index (χ1v) is 5.16. The summed E-state index contributed by atoms with van der Waals surface area (Å²) in [5, 5.41) is 9.68. The molecule has 0 saturated heterocycles. The molecule has 0 radical (unpaired) electrons. The first-order chi connectivity index (χ1) is 7.75. The minimum absolute atomic E-state index is 0.912. The van der Waals surface area contributed by atoms with E-state index in [-0.39, 0.29) is 0 Å². The van der Waals surface area contributed by atoms with E-state index < -0.39 is 0 Å². The van der Waals surface area contributed by atoms with Crippen molar-refractivity contribution < 1.29 is 0 Å². The highest BCUT2D eigenvalue weighted by Gasteiger charge is 2.09. The Hall–Kier alpha value is -2.10. The number of aromatic nitrogens is 4. The summed E-state index contributed by atoms with van der Waals surface area (Å²) in [6, 6.07) is 8.34. The van der Waals surface area contributed by atoms with Crippen molar-refractivity contribution in [3.63, 3.8) is 0 Å². The Balaban J connectivity index is 2.34. The van der Waals surface area contributed by atoms with Crippen LogP contribution in [-0.4, -0.2) is 19.6 Å². The quantitative estimate of drug-likeness (QED) is 0.618. The maximum Gasteiger partial charge on any atom is 0.115 e. The lowest BCUT2D eigenvalue weighted by Crippen LogP contribution is -1.93. The van der Waals surface area contributed by atoms with Crippen molar-refractivity contribution in [2.24, 2.45) is 14.1 Å². The highest BCUT2D eigenvalue weighted by Crippen LogP contribution is 2.26. The van der Waals surface area contributed by atoms with Gasteiger partial charge in [-0.3, -0.25) is 0 Å². The zero-order valence-corrected chi connectivity index (χ0v) is 9.25. The summed E-state index contributed by atoms with van der Waals surface area (Å²) in [5.41, 5.74) is 3.23. The monoisotopic (exact) mass is 212 g/mol. The van der Waals surface area contributed by atoms with Crippen molar-refractivity contribution in [2.45, 2.75) is 0 Å². The molecule has 2 aromatic heterocycles. The van der Waals surface area contributed by atoms with Crippen molar-refractivity contribution in [1.29, 1.82) is 0 Å². The van der Waals surface area contributed by atoms with E-state index in [9.17, 15) is 0 Å². The van der Waals surface area contributed by atoms with Gasteiger partial charge in [-0.15, -0.1) is 0 Å². The van der Waals surface area contributed by atoms with Gasteiger partial charge in [-0.1, -0.05) is 18.2 Å². The second-order valence-corrected chi connectivity index (χ2v) is 3.89. The molecule has 1 aromatic carbocycles. The van der Waals surface area contributed by atoms with E-state index in [0.717, 1.165) is 11.3 Å². The van der Waals surface area contributed by atoms with Crippen LogP contribution in [0.3, 0.4) is 0 Å². The molecule has 0 amide bonds. The van der Waals surface area contributed by atoms with Gasteiger partial charge in [-0.05, 0) is 6.07 Å². The van der Waals surface area contributed by atoms with E-state index >= 15 is 0 Å². The molecule has 0 saturated carbocycles. The molecule has 0 aliphatic carbocycles. The largest absolute Gasteiger partial charge is 0.350 e. The molecule has 0 aliphatic heterocycles. The van der Waals surface area contributed by atoms with Gasteiger partial charge in [0.25, 0.3) is 0 Å². The average molecular weight is 212 g/mol. The summed E-state index contributed by atoms with van der Waals surface area (Å²) in [5.74, 6) is 0. The van der Waals surface area contributed by atoms with E-state index in [1.807, 2.05) is 20.2 Å². The van der Waals surface area contributed by atoms with E-state index in [1.54, 1.807) is 11.0 Å². The maximum atomic E-state index is 4.34. The predicted molar refractivity (Wildman–Crippen MR) is 62.9 cm³/mol. The van der Waals surface area contributed by atoms with E-state index in [0.29, 0.717) is 0 Å². The first-order valence-electron chi connectivity index (χ1n) is 5.16. The smallest absolute Gasteiger partial charge is 0.115 e. The Morgan fingerprint density at radius 3 is 2.75 bits per heavy atom. The molecule has 0 fully saturated rings. The van der Waals surface area contributed by atoms with Crippen LogP contribution in [0.15, 0.2) is 36.7 Å². The molecule has 2 heterocycles. The number of hydrogen-bond donors (Lipinski definition) is 0. The Kier molecular flexibility index (Phi) is 1.83. The summed E-state index contributed by atoms with van der Waals surface area (Å²) < 4.78 is 2.11. The van der Waals surface area contributed by atoms with Crippen LogP contribution in [0.25, 0.3) is 22.2 Å². The molecule has 16 heavy (non-hydrogen) atoms. The minimum Gasteiger partial charge on any atom is -0.350 e. The lowest BCUT2D eigenvalue weighted by atomic mass is 10.1. The predicted octanol–water partition coefficient (Wildman–Crippen LogP) is 1.97. The number of rotatable bonds is 1. The molecule has 3 aromatic rings. The molecule has 4 heteroatoms. The van der Waals surface area contributed by atoms with Gasteiger partial charge in [0.15, 0.2) is 0 Å². The van der Waals surface area contributed by atoms with Crippen molar-refractivity contribution >= 4 is 10.9 Å². The summed E-state index contributed by atoms with van der Waals surface area (Å²) in [6.07, 6.45) is 3.85. The number of hydrogen-bond acceptors (Lipinski definition) is 2. The van der Waals surface area contributed by atoms with Gasteiger partial charge in [0.1, 0.15) is 5.69 Å². The molecular formula is C12H12N4. The number of para-hydroxylation sites is 1.